The van der Waals surface area contributed by atoms with Crippen molar-refractivity contribution in [3.8, 4) is 0 Å². The van der Waals surface area contributed by atoms with E-state index >= 15 is 0 Å². The Morgan fingerprint density at radius 1 is 1.44 bits per heavy atom. The maximum absolute atomic E-state index is 13.6. The van der Waals surface area contributed by atoms with Crippen LogP contribution < -0.4 is 5.73 Å². The van der Waals surface area contributed by atoms with Gasteiger partial charge in [0.1, 0.15) is 5.82 Å². The second-order valence-corrected chi connectivity index (χ2v) is 4.88. The predicted octanol–water partition coefficient (Wildman–Crippen LogP) is 1.72. The predicted molar refractivity (Wildman–Crippen MR) is 67.8 cm³/mol. The van der Waals surface area contributed by atoms with Crippen molar-refractivity contribution >= 4 is 23.4 Å². The van der Waals surface area contributed by atoms with Crippen LogP contribution in [-0.4, -0.2) is 26.8 Å². The lowest BCUT2D eigenvalue weighted by molar-refractivity contribution is 0.556. The summed E-state index contributed by atoms with van der Waals surface area (Å²) in [5, 5.41) is 12.2. The van der Waals surface area contributed by atoms with Gasteiger partial charge in [-0.1, -0.05) is 29.4 Å². The van der Waals surface area contributed by atoms with Crippen LogP contribution in [0.1, 0.15) is 5.56 Å². The van der Waals surface area contributed by atoms with Crippen molar-refractivity contribution in [1.29, 1.82) is 0 Å². The molecule has 0 saturated carbocycles. The van der Waals surface area contributed by atoms with Crippen LogP contribution in [0.15, 0.2) is 23.4 Å². The first kappa shape index (κ1) is 13.3. The molecule has 2 N–H and O–H groups in total. The summed E-state index contributed by atoms with van der Waals surface area (Å²) in [6.45, 7) is 0.992. The van der Waals surface area contributed by atoms with Crippen LogP contribution in [-0.2, 0) is 12.3 Å². The Labute approximate surface area is 112 Å². The molecule has 0 aliphatic rings. The highest BCUT2D eigenvalue weighted by molar-refractivity contribution is 7.98. The molecule has 1 aromatic heterocycles. The number of hydrogen-bond acceptors (Lipinski definition) is 5. The second-order valence-electron chi connectivity index (χ2n) is 3.50. The number of hydrogen-bond donors (Lipinski definition) is 1. The average molecular weight is 288 g/mol. The number of rotatable bonds is 5. The van der Waals surface area contributed by atoms with Gasteiger partial charge < -0.3 is 5.73 Å². The number of nitrogens with zero attached hydrogens (tertiary/aromatic N) is 4. The molecule has 0 unspecified atom stereocenters. The summed E-state index contributed by atoms with van der Waals surface area (Å²) in [5.41, 5.74) is 6.00. The van der Waals surface area contributed by atoms with Crippen molar-refractivity contribution in [1.82, 2.24) is 20.2 Å². The molecule has 0 bridgehead atoms. The number of tetrazole rings is 1. The molecule has 1 heterocycles. The lowest BCUT2D eigenvalue weighted by Gasteiger charge is -2.04. The standard InChI is InChI=1S/C10H11ClFN5S/c11-8-2-1-7(9(12)5-8)6-18-10-14-15-16-17(10)4-3-13/h1-2,5H,3-4,6,13H2. The van der Waals surface area contributed by atoms with Crippen molar-refractivity contribution in [3.05, 3.63) is 34.6 Å². The Hall–Kier alpha value is -1.18. The summed E-state index contributed by atoms with van der Waals surface area (Å²) in [4.78, 5) is 0. The molecule has 1 aromatic carbocycles. The summed E-state index contributed by atoms with van der Waals surface area (Å²) in [6.07, 6.45) is 0. The fraction of sp³-hybridized carbons (Fsp3) is 0.300. The van der Waals surface area contributed by atoms with E-state index in [1.807, 2.05) is 0 Å². The van der Waals surface area contributed by atoms with E-state index in [1.165, 1.54) is 17.8 Å². The highest BCUT2D eigenvalue weighted by atomic mass is 35.5. The first-order valence-corrected chi connectivity index (χ1v) is 6.60. The van der Waals surface area contributed by atoms with Gasteiger partial charge in [0.05, 0.1) is 6.54 Å². The highest BCUT2D eigenvalue weighted by Gasteiger charge is 2.09. The number of thioether (sulfide) groups is 1. The van der Waals surface area contributed by atoms with Gasteiger partial charge in [0.2, 0.25) is 5.16 Å². The zero-order valence-electron chi connectivity index (χ0n) is 9.38. The Morgan fingerprint density at radius 2 is 2.28 bits per heavy atom. The molecule has 0 atom stereocenters. The smallest absolute Gasteiger partial charge is 0.209 e. The molecule has 0 fully saturated rings. The minimum absolute atomic E-state index is 0.326. The Balaban J connectivity index is 2.04. The molecule has 0 saturated heterocycles. The number of aromatic nitrogens is 4. The number of halogens is 2. The quantitative estimate of drug-likeness (QED) is 0.848. The van der Waals surface area contributed by atoms with Crippen LogP contribution in [0.4, 0.5) is 4.39 Å². The van der Waals surface area contributed by atoms with Crippen molar-refractivity contribution in [3.63, 3.8) is 0 Å². The lowest BCUT2D eigenvalue weighted by Crippen LogP contribution is -2.12. The first-order chi connectivity index (χ1) is 8.70. The van der Waals surface area contributed by atoms with Crippen molar-refractivity contribution < 1.29 is 4.39 Å². The maximum Gasteiger partial charge on any atom is 0.209 e. The molecule has 0 spiro atoms. The summed E-state index contributed by atoms with van der Waals surface area (Å²) < 4.78 is 15.1. The Kier molecular flexibility index (Phi) is 4.51. The van der Waals surface area contributed by atoms with Gasteiger partial charge in [-0.2, -0.15) is 0 Å². The molecule has 0 radical (unpaired) electrons. The Morgan fingerprint density at radius 3 is 3.00 bits per heavy atom. The van der Waals surface area contributed by atoms with Crippen LogP contribution in [0, 0.1) is 5.82 Å². The van der Waals surface area contributed by atoms with E-state index < -0.39 is 0 Å². The molecule has 2 rings (SSSR count). The monoisotopic (exact) mass is 287 g/mol. The van der Waals surface area contributed by atoms with Gasteiger partial charge in [-0.05, 0) is 28.1 Å². The van der Waals surface area contributed by atoms with Crippen molar-refractivity contribution in [2.45, 2.75) is 17.5 Å². The van der Waals surface area contributed by atoms with Crippen molar-refractivity contribution in [2.75, 3.05) is 6.54 Å². The van der Waals surface area contributed by atoms with E-state index in [-0.39, 0.29) is 5.82 Å². The minimum Gasteiger partial charge on any atom is -0.329 e. The van der Waals surface area contributed by atoms with E-state index in [0.717, 1.165) is 0 Å². The Bertz CT molecular complexity index is 533. The third-order valence-corrected chi connectivity index (χ3v) is 3.45. The van der Waals surface area contributed by atoms with E-state index in [4.69, 9.17) is 17.3 Å². The van der Waals surface area contributed by atoms with Gasteiger partial charge in [0.15, 0.2) is 0 Å². The van der Waals surface area contributed by atoms with Crippen LogP contribution in [0.3, 0.4) is 0 Å². The van der Waals surface area contributed by atoms with E-state index in [1.54, 1.807) is 16.8 Å². The molecule has 5 nitrogen and oxygen atoms in total. The molecular formula is C10H11ClFN5S. The van der Waals surface area contributed by atoms with Gasteiger partial charge in [-0.3, -0.25) is 0 Å². The third kappa shape index (κ3) is 3.18. The first-order valence-electron chi connectivity index (χ1n) is 5.23. The lowest BCUT2D eigenvalue weighted by atomic mass is 10.2. The molecule has 0 amide bonds. The van der Waals surface area contributed by atoms with Gasteiger partial charge >= 0.3 is 0 Å². The maximum atomic E-state index is 13.6. The molecular weight excluding hydrogens is 277 g/mol. The van der Waals surface area contributed by atoms with E-state index in [9.17, 15) is 4.39 Å². The number of nitrogens with two attached hydrogens (primary N) is 1. The summed E-state index contributed by atoms with van der Waals surface area (Å²) in [5.74, 6) is 0.112. The van der Waals surface area contributed by atoms with Gasteiger partial charge in [-0.15, -0.1) is 5.10 Å². The molecule has 2 aromatic rings. The van der Waals surface area contributed by atoms with Gasteiger partial charge in [-0.25, -0.2) is 9.07 Å². The van der Waals surface area contributed by atoms with Gasteiger partial charge in [0, 0.05) is 17.3 Å². The summed E-state index contributed by atoms with van der Waals surface area (Å²) in [6, 6.07) is 4.60. The molecule has 96 valence electrons. The summed E-state index contributed by atoms with van der Waals surface area (Å²) in [7, 11) is 0. The van der Waals surface area contributed by atoms with Gasteiger partial charge in [0.25, 0.3) is 0 Å². The van der Waals surface area contributed by atoms with Crippen LogP contribution in [0.2, 0.25) is 5.02 Å². The minimum atomic E-state index is -0.326. The van der Waals surface area contributed by atoms with Crippen molar-refractivity contribution in [2.24, 2.45) is 5.73 Å². The van der Waals surface area contributed by atoms with E-state index in [0.29, 0.717) is 34.6 Å². The fourth-order valence-corrected chi connectivity index (χ4v) is 2.39. The third-order valence-electron chi connectivity index (χ3n) is 2.21. The normalized spacial score (nSPS) is 10.8. The fourth-order valence-electron chi connectivity index (χ4n) is 1.34. The molecule has 0 aliphatic heterocycles. The largest absolute Gasteiger partial charge is 0.329 e. The van der Waals surface area contributed by atoms with Crippen LogP contribution in [0.25, 0.3) is 0 Å². The second kappa shape index (κ2) is 6.12. The van der Waals surface area contributed by atoms with Crippen LogP contribution in [0.5, 0.6) is 0 Å². The average Bonchev–Trinajstić information content (AvgIpc) is 2.76. The summed E-state index contributed by atoms with van der Waals surface area (Å²) >= 11 is 7.04. The SMILES string of the molecule is NCCn1nnnc1SCc1ccc(Cl)cc1F. The van der Waals surface area contributed by atoms with E-state index in [2.05, 4.69) is 15.5 Å². The zero-order chi connectivity index (χ0) is 13.0. The topological polar surface area (TPSA) is 69.6 Å². The highest BCUT2D eigenvalue weighted by Crippen LogP contribution is 2.23. The molecule has 18 heavy (non-hydrogen) atoms. The van der Waals surface area contributed by atoms with Crippen LogP contribution >= 0.6 is 23.4 Å². The molecule has 0 aliphatic carbocycles. The number of benzene rings is 1. The molecule has 8 heteroatoms. The zero-order valence-corrected chi connectivity index (χ0v) is 11.0.